The number of nitrogens with two attached hydrogens (primary N) is 1. The standard InChI is InChI=1S/C17H20ClN3S/c1-20(2)8-5-9-21-14-6-3-4-7-16(14)22-17-13(19)10-12(18)11-15(17)21/h3-4,6-7,10-11H,5,8-9,19H2,1-2H3. The molecule has 0 amide bonds. The minimum atomic E-state index is 0.689. The Balaban J connectivity index is 2.00. The molecule has 2 N–H and O–H groups in total. The molecule has 0 saturated heterocycles. The molecule has 0 bridgehead atoms. The molecule has 0 atom stereocenters. The van der Waals surface area contributed by atoms with Gasteiger partial charge in [0.1, 0.15) is 0 Å². The third-order valence-corrected chi connectivity index (χ3v) is 5.14. The Hall–Kier alpha value is -1.36. The van der Waals surface area contributed by atoms with Crippen LogP contribution in [0.25, 0.3) is 0 Å². The molecule has 0 aliphatic carbocycles. The number of nitrogens with zero attached hydrogens (tertiary/aromatic N) is 2. The van der Waals surface area contributed by atoms with Crippen molar-refractivity contribution in [3.8, 4) is 0 Å². The fourth-order valence-corrected chi connectivity index (χ4v) is 4.02. The van der Waals surface area contributed by atoms with Crippen molar-refractivity contribution < 1.29 is 0 Å². The fourth-order valence-electron chi connectivity index (χ4n) is 2.70. The van der Waals surface area contributed by atoms with Crippen LogP contribution in [-0.2, 0) is 0 Å². The Morgan fingerprint density at radius 2 is 1.95 bits per heavy atom. The van der Waals surface area contributed by atoms with Crippen molar-refractivity contribution in [2.45, 2.75) is 16.2 Å². The number of anilines is 3. The van der Waals surface area contributed by atoms with E-state index in [1.165, 1.54) is 10.6 Å². The highest BCUT2D eigenvalue weighted by Gasteiger charge is 2.25. The van der Waals surface area contributed by atoms with E-state index in [0.717, 1.165) is 35.8 Å². The third-order valence-electron chi connectivity index (χ3n) is 3.71. The summed E-state index contributed by atoms with van der Waals surface area (Å²) in [4.78, 5) is 6.90. The van der Waals surface area contributed by atoms with Crippen molar-refractivity contribution in [3.05, 3.63) is 41.4 Å². The van der Waals surface area contributed by atoms with Crippen LogP contribution in [0.4, 0.5) is 17.1 Å². The largest absolute Gasteiger partial charge is 0.398 e. The van der Waals surface area contributed by atoms with E-state index >= 15 is 0 Å². The smallest absolute Gasteiger partial charge is 0.0591 e. The summed E-state index contributed by atoms with van der Waals surface area (Å²) in [5.74, 6) is 0. The Morgan fingerprint density at radius 1 is 1.18 bits per heavy atom. The molecular formula is C17H20ClN3S. The molecule has 1 aliphatic heterocycles. The quantitative estimate of drug-likeness (QED) is 0.836. The highest BCUT2D eigenvalue weighted by molar-refractivity contribution is 8.00. The van der Waals surface area contributed by atoms with Crippen LogP contribution >= 0.6 is 23.4 Å². The fraction of sp³-hybridized carbons (Fsp3) is 0.294. The average Bonchev–Trinajstić information content (AvgIpc) is 2.47. The van der Waals surface area contributed by atoms with Crippen molar-refractivity contribution in [1.29, 1.82) is 0 Å². The highest BCUT2D eigenvalue weighted by Crippen LogP contribution is 2.51. The minimum absolute atomic E-state index is 0.689. The Morgan fingerprint density at radius 3 is 2.73 bits per heavy atom. The molecule has 1 aliphatic rings. The molecule has 0 saturated carbocycles. The number of para-hydroxylation sites is 1. The first kappa shape index (κ1) is 15.5. The first-order valence-corrected chi connectivity index (χ1v) is 8.54. The van der Waals surface area contributed by atoms with Crippen molar-refractivity contribution >= 4 is 40.4 Å². The van der Waals surface area contributed by atoms with Crippen LogP contribution in [0.15, 0.2) is 46.2 Å². The number of fused-ring (bicyclic) bond motifs is 2. The van der Waals surface area contributed by atoms with Crippen molar-refractivity contribution in [2.24, 2.45) is 0 Å². The van der Waals surface area contributed by atoms with E-state index in [-0.39, 0.29) is 0 Å². The van der Waals surface area contributed by atoms with Crippen LogP contribution < -0.4 is 10.6 Å². The summed E-state index contributed by atoms with van der Waals surface area (Å²) in [7, 11) is 4.20. The molecule has 0 fully saturated rings. The van der Waals surface area contributed by atoms with Gasteiger partial charge in [0.2, 0.25) is 0 Å². The molecular weight excluding hydrogens is 314 g/mol. The van der Waals surface area contributed by atoms with Gasteiger partial charge in [-0.2, -0.15) is 0 Å². The minimum Gasteiger partial charge on any atom is -0.398 e. The second-order valence-electron chi connectivity index (χ2n) is 5.72. The first-order chi connectivity index (χ1) is 10.6. The maximum atomic E-state index is 6.23. The molecule has 3 nitrogen and oxygen atoms in total. The Labute approximate surface area is 141 Å². The summed E-state index contributed by atoms with van der Waals surface area (Å²) in [5.41, 5.74) is 9.30. The molecule has 3 rings (SSSR count). The van der Waals surface area contributed by atoms with Gasteiger partial charge in [0.25, 0.3) is 0 Å². The number of halogens is 1. The predicted octanol–water partition coefficient (Wildman–Crippen LogP) is 4.48. The number of hydrogen-bond donors (Lipinski definition) is 1. The zero-order valence-electron chi connectivity index (χ0n) is 12.8. The zero-order valence-corrected chi connectivity index (χ0v) is 14.4. The maximum absolute atomic E-state index is 6.23. The Bertz CT molecular complexity index is 688. The van der Waals surface area contributed by atoms with Crippen LogP contribution in [0.1, 0.15) is 6.42 Å². The van der Waals surface area contributed by atoms with Crippen LogP contribution in [0.2, 0.25) is 5.02 Å². The van der Waals surface area contributed by atoms with E-state index in [0.29, 0.717) is 5.02 Å². The van der Waals surface area contributed by atoms with Crippen LogP contribution in [0.3, 0.4) is 0 Å². The van der Waals surface area contributed by atoms with Gasteiger partial charge < -0.3 is 15.5 Å². The molecule has 0 aromatic heterocycles. The van der Waals surface area contributed by atoms with E-state index in [9.17, 15) is 0 Å². The molecule has 5 heteroatoms. The number of hydrogen-bond acceptors (Lipinski definition) is 4. The van der Waals surface area contributed by atoms with Crippen molar-refractivity contribution in [3.63, 3.8) is 0 Å². The average molecular weight is 334 g/mol. The van der Waals surface area contributed by atoms with Gasteiger partial charge in [-0.25, -0.2) is 0 Å². The van der Waals surface area contributed by atoms with Crippen LogP contribution in [-0.4, -0.2) is 32.1 Å². The van der Waals surface area contributed by atoms with Crippen LogP contribution in [0.5, 0.6) is 0 Å². The van der Waals surface area contributed by atoms with Crippen LogP contribution in [0, 0.1) is 0 Å². The Kier molecular flexibility index (Phi) is 4.52. The van der Waals surface area contributed by atoms with Crippen molar-refractivity contribution in [2.75, 3.05) is 37.8 Å². The molecule has 2 aromatic carbocycles. The first-order valence-electron chi connectivity index (χ1n) is 7.34. The summed E-state index contributed by atoms with van der Waals surface area (Å²) < 4.78 is 0. The van der Waals surface area contributed by atoms with Gasteiger partial charge in [0.15, 0.2) is 0 Å². The second kappa shape index (κ2) is 6.41. The molecule has 1 heterocycles. The van der Waals surface area contributed by atoms with Gasteiger partial charge in [-0.15, -0.1) is 0 Å². The number of rotatable bonds is 4. The monoisotopic (exact) mass is 333 g/mol. The van der Waals surface area contributed by atoms with E-state index in [1.807, 2.05) is 12.1 Å². The van der Waals surface area contributed by atoms with E-state index in [2.05, 4.69) is 48.2 Å². The lowest BCUT2D eigenvalue weighted by atomic mass is 10.2. The van der Waals surface area contributed by atoms with Gasteiger partial charge in [-0.1, -0.05) is 35.5 Å². The summed E-state index contributed by atoms with van der Waals surface area (Å²) in [6, 6.07) is 12.3. The van der Waals surface area contributed by atoms with Gasteiger partial charge in [-0.3, -0.25) is 0 Å². The molecule has 0 unspecified atom stereocenters. The predicted molar refractivity (Wildman–Crippen MR) is 96.6 cm³/mol. The second-order valence-corrected chi connectivity index (χ2v) is 7.21. The molecule has 2 aromatic rings. The topological polar surface area (TPSA) is 32.5 Å². The summed E-state index contributed by atoms with van der Waals surface area (Å²) in [6.45, 7) is 2.00. The SMILES string of the molecule is CN(C)CCCN1c2ccccc2Sc2c(N)cc(Cl)cc21. The van der Waals surface area contributed by atoms with E-state index in [4.69, 9.17) is 17.3 Å². The van der Waals surface area contributed by atoms with Gasteiger partial charge in [0.05, 0.1) is 16.3 Å². The molecule has 0 radical (unpaired) electrons. The lowest BCUT2D eigenvalue weighted by Crippen LogP contribution is -2.25. The molecule has 0 spiro atoms. The summed E-state index contributed by atoms with van der Waals surface area (Å²) >= 11 is 7.96. The zero-order chi connectivity index (χ0) is 15.7. The summed E-state index contributed by atoms with van der Waals surface area (Å²) in [6.07, 6.45) is 1.08. The maximum Gasteiger partial charge on any atom is 0.0591 e. The summed E-state index contributed by atoms with van der Waals surface area (Å²) in [5, 5.41) is 0.689. The highest BCUT2D eigenvalue weighted by atomic mass is 35.5. The normalized spacial score (nSPS) is 13.2. The molecule has 22 heavy (non-hydrogen) atoms. The van der Waals surface area contributed by atoms with E-state index < -0.39 is 0 Å². The number of nitrogen functional groups attached to an aromatic ring is 1. The van der Waals surface area contributed by atoms with Crippen molar-refractivity contribution in [1.82, 2.24) is 4.90 Å². The lowest BCUT2D eigenvalue weighted by Gasteiger charge is -2.33. The molecule has 116 valence electrons. The van der Waals surface area contributed by atoms with Gasteiger partial charge in [-0.05, 0) is 51.3 Å². The third kappa shape index (κ3) is 3.05. The van der Waals surface area contributed by atoms with Gasteiger partial charge >= 0.3 is 0 Å². The number of benzene rings is 2. The van der Waals surface area contributed by atoms with E-state index in [1.54, 1.807) is 11.8 Å². The van der Waals surface area contributed by atoms with Gasteiger partial charge in [0, 0.05) is 22.2 Å². The lowest BCUT2D eigenvalue weighted by molar-refractivity contribution is 0.402.